The highest BCUT2D eigenvalue weighted by molar-refractivity contribution is 6.58. The van der Waals surface area contributed by atoms with Crippen molar-refractivity contribution in [3.63, 3.8) is 0 Å². The molecule has 0 atom stereocenters. The van der Waals surface area contributed by atoms with E-state index in [0.717, 1.165) is 12.1 Å². The van der Waals surface area contributed by atoms with Crippen molar-refractivity contribution >= 4 is 18.4 Å². The van der Waals surface area contributed by atoms with Crippen LogP contribution in [-0.4, -0.2) is 35.1 Å². The van der Waals surface area contributed by atoms with Crippen LogP contribution in [0.15, 0.2) is 12.1 Å². The summed E-state index contributed by atoms with van der Waals surface area (Å²) >= 11 is 0. The topological polar surface area (TPSA) is 56.6 Å². The van der Waals surface area contributed by atoms with Crippen molar-refractivity contribution in [1.82, 2.24) is 4.98 Å². The molecule has 2 rings (SSSR count). The van der Waals surface area contributed by atoms with Crippen LogP contribution in [0.5, 0.6) is 0 Å². The zero-order chi connectivity index (χ0) is 20.5. The van der Waals surface area contributed by atoms with E-state index in [-0.39, 0.29) is 4.90 Å². The first-order valence-corrected chi connectivity index (χ1v) is 4.08. The molecule has 4 nitrogen and oxygen atoms in total. The van der Waals surface area contributed by atoms with Gasteiger partial charge in [0.05, 0.1) is 0 Å². The molecule has 2 N–H and O–H groups in total. The highest BCUT2D eigenvalue weighted by Crippen LogP contribution is 2.16. The molecule has 1 fully saturated rings. The van der Waals surface area contributed by atoms with Crippen molar-refractivity contribution in [3.05, 3.63) is 17.8 Å². The summed E-state index contributed by atoms with van der Waals surface area (Å²) in [4.78, 5) is 3.68. The molecule has 15 heavy (non-hydrogen) atoms. The Bertz CT molecular complexity index is 695. The second kappa shape index (κ2) is 4.20. The van der Waals surface area contributed by atoms with Gasteiger partial charge in [-0.25, -0.2) is 4.98 Å². The molecule has 5 heteroatoms. The molecule has 0 unspecified atom stereocenters. The largest absolute Gasteiger partial charge is 0.488 e. The molecule has 0 radical (unpaired) electrons. The molecule has 1 aliphatic rings. The zero-order valence-corrected chi connectivity index (χ0v) is 7.52. The summed E-state index contributed by atoms with van der Waals surface area (Å²) in [5, 5.41) is 18.7. The van der Waals surface area contributed by atoms with Gasteiger partial charge in [-0.15, -0.1) is 0 Å². The van der Waals surface area contributed by atoms with Gasteiger partial charge in [0.25, 0.3) is 0 Å². The van der Waals surface area contributed by atoms with Gasteiger partial charge >= 0.3 is 7.12 Å². The van der Waals surface area contributed by atoms with Gasteiger partial charge in [0, 0.05) is 33.8 Å². The fourth-order valence-electron chi connectivity index (χ4n) is 1.11. The SMILES string of the molecule is [2H]C([2H])([2H])c1cc(B(O)O)cc(N2C([2H])([2H])C([2H])([2H])C([2H])([2H])C2([2H])[2H])n1. The smallest absolute Gasteiger partial charge is 0.423 e. The van der Waals surface area contributed by atoms with Gasteiger partial charge in [-0.1, -0.05) is 0 Å². The number of hydrogen-bond acceptors (Lipinski definition) is 4. The lowest BCUT2D eigenvalue weighted by atomic mass is 9.80. The lowest BCUT2D eigenvalue weighted by Gasteiger charge is -2.17. The second-order valence-corrected chi connectivity index (χ2v) is 2.83. The normalized spacial score (nSPS) is 40.9. The Kier molecular flexibility index (Phi) is 0.971. The molecular weight excluding hydrogens is 191 g/mol. The summed E-state index contributed by atoms with van der Waals surface area (Å²) in [5.74, 6) is -0.776. The van der Waals surface area contributed by atoms with Crippen LogP contribution in [-0.2, 0) is 0 Å². The fraction of sp³-hybridized carbons (Fsp3) is 0.500. The fourth-order valence-corrected chi connectivity index (χ4v) is 1.11. The number of aromatic nitrogens is 1. The van der Waals surface area contributed by atoms with Gasteiger partial charge in [0.2, 0.25) is 0 Å². The Hall–Kier alpha value is -1.07. The summed E-state index contributed by atoms with van der Waals surface area (Å²) in [5.41, 5.74) is -1.15. The monoisotopic (exact) mass is 217 g/mol. The quantitative estimate of drug-likeness (QED) is 0.666. The molecule has 0 aliphatic carbocycles. The zero-order valence-electron chi connectivity index (χ0n) is 18.5. The first-order valence-electron chi connectivity index (χ1n) is 9.58. The minimum atomic E-state index is -3.33. The molecule has 0 saturated carbocycles. The molecule has 0 aromatic carbocycles. The molecule has 0 amide bonds. The lowest BCUT2D eigenvalue weighted by molar-refractivity contribution is 0.425. The summed E-state index contributed by atoms with van der Waals surface area (Å²) < 4.78 is 84.8. The van der Waals surface area contributed by atoms with Crippen LogP contribution in [0.2, 0.25) is 0 Å². The Morgan fingerprint density at radius 1 is 1.47 bits per heavy atom. The molecule has 1 aromatic rings. The van der Waals surface area contributed by atoms with Gasteiger partial charge < -0.3 is 14.9 Å². The van der Waals surface area contributed by atoms with Crippen LogP contribution in [0.25, 0.3) is 0 Å². The number of nitrogens with zero attached hydrogens (tertiary/aromatic N) is 2. The predicted molar refractivity (Wildman–Crippen MR) is 60.2 cm³/mol. The molecule has 2 heterocycles. The molecule has 0 spiro atoms. The van der Waals surface area contributed by atoms with Crippen molar-refractivity contribution in [1.29, 1.82) is 0 Å². The van der Waals surface area contributed by atoms with Crippen molar-refractivity contribution in [2.24, 2.45) is 0 Å². The number of aryl methyl sites for hydroxylation is 1. The predicted octanol–water partition coefficient (Wildman–Crippen LogP) is -0.330. The molecule has 1 aliphatic heterocycles. The van der Waals surface area contributed by atoms with Gasteiger partial charge in [0.1, 0.15) is 5.82 Å². The van der Waals surface area contributed by atoms with Crippen molar-refractivity contribution < 1.29 is 25.1 Å². The summed E-state index contributed by atoms with van der Waals surface area (Å²) in [6.07, 6.45) is -6.67. The van der Waals surface area contributed by atoms with Crippen LogP contribution < -0.4 is 10.4 Å². The summed E-state index contributed by atoms with van der Waals surface area (Å²) in [6, 6.07) is 1.58. The highest BCUT2D eigenvalue weighted by Gasteiger charge is 2.18. The lowest BCUT2D eigenvalue weighted by Crippen LogP contribution is -2.32. The first kappa shape index (κ1) is 3.47. The first-order chi connectivity index (χ1) is 11.4. The average Bonchev–Trinajstić information content (AvgIpc) is 2.51. The standard InChI is InChI=1S/C10H15BN2O2/c1-8-6-9(11(14)15)7-10(12-8)13-4-2-3-5-13/h6-7,14-15H,2-5H2,1H3/i1D3,2D2,3D2,4D2,5D2. The average molecular weight is 217 g/mol. The Morgan fingerprint density at radius 2 is 2.20 bits per heavy atom. The van der Waals surface area contributed by atoms with Gasteiger partial charge in [-0.3, -0.25) is 0 Å². The van der Waals surface area contributed by atoms with Gasteiger partial charge in [-0.2, -0.15) is 0 Å². The third-order valence-electron chi connectivity index (χ3n) is 1.76. The second-order valence-electron chi connectivity index (χ2n) is 2.83. The van der Waals surface area contributed by atoms with E-state index in [9.17, 15) is 10.0 Å². The van der Waals surface area contributed by atoms with Crippen LogP contribution in [0.3, 0.4) is 0 Å². The Morgan fingerprint density at radius 3 is 2.80 bits per heavy atom. The Labute approximate surface area is 105 Å². The van der Waals surface area contributed by atoms with E-state index in [2.05, 4.69) is 4.98 Å². The highest BCUT2D eigenvalue weighted by atomic mass is 16.4. The van der Waals surface area contributed by atoms with Crippen LogP contribution >= 0.6 is 0 Å². The van der Waals surface area contributed by atoms with Crippen LogP contribution in [0.1, 0.15) is 33.5 Å². The third kappa shape index (κ3) is 2.30. The van der Waals surface area contributed by atoms with Crippen molar-refractivity contribution in [2.45, 2.75) is 19.6 Å². The Balaban J connectivity index is 2.80. The molecule has 0 bridgehead atoms. The van der Waals surface area contributed by atoms with Crippen molar-refractivity contribution in [3.8, 4) is 0 Å². The van der Waals surface area contributed by atoms with Gasteiger partial charge in [0.15, 0.2) is 0 Å². The number of pyridine rings is 1. The van der Waals surface area contributed by atoms with E-state index in [4.69, 9.17) is 15.1 Å². The van der Waals surface area contributed by atoms with E-state index in [0.29, 0.717) is 0 Å². The number of hydrogen-bond donors (Lipinski definition) is 2. The summed E-state index contributed by atoms with van der Waals surface area (Å²) in [7, 11) is -2.19. The van der Waals surface area contributed by atoms with E-state index in [1.54, 1.807) is 0 Å². The van der Waals surface area contributed by atoms with E-state index >= 15 is 0 Å². The maximum absolute atomic E-state index is 9.34. The molecule has 1 saturated heterocycles. The molecular formula is C10H15BN2O2. The van der Waals surface area contributed by atoms with Crippen LogP contribution in [0.4, 0.5) is 5.82 Å². The maximum atomic E-state index is 9.34. The van der Waals surface area contributed by atoms with Crippen molar-refractivity contribution in [2.75, 3.05) is 17.9 Å². The van der Waals surface area contributed by atoms with E-state index in [1.807, 2.05) is 0 Å². The number of anilines is 1. The summed E-state index contributed by atoms with van der Waals surface area (Å²) in [6.45, 7) is -9.40. The molecule has 1 aromatic heterocycles. The van der Waals surface area contributed by atoms with Gasteiger partial charge in [-0.05, 0) is 37.2 Å². The van der Waals surface area contributed by atoms with Crippen LogP contribution in [0, 0.1) is 6.85 Å². The third-order valence-corrected chi connectivity index (χ3v) is 1.76. The minimum absolute atomic E-state index is 0.0567. The number of rotatable bonds is 2. The maximum Gasteiger partial charge on any atom is 0.488 e. The van der Waals surface area contributed by atoms with E-state index in [1.165, 1.54) is 0 Å². The van der Waals surface area contributed by atoms with E-state index < -0.39 is 56.7 Å². The minimum Gasteiger partial charge on any atom is -0.423 e. The molecule has 80 valence electrons.